The van der Waals surface area contributed by atoms with E-state index < -0.39 is 0 Å². The van der Waals surface area contributed by atoms with Gasteiger partial charge in [0.1, 0.15) is 12.7 Å². The summed E-state index contributed by atoms with van der Waals surface area (Å²) >= 11 is 3.34. The average molecular weight is 264 g/mol. The van der Waals surface area contributed by atoms with Gasteiger partial charge in [0.15, 0.2) is 0 Å². The first-order valence-corrected chi connectivity index (χ1v) is 5.70. The molecule has 0 saturated carbocycles. The van der Waals surface area contributed by atoms with Gasteiger partial charge in [0.2, 0.25) is 0 Å². The molecule has 76 valence electrons. The van der Waals surface area contributed by atoms with E-state index in [4.69, 9.17) is 0 Å². The third-order valence-corrected chi connectivity index (χ3v) is 2.35. The highest BCUT2D eigenvalue weighted by atomic mass is 79.9. The van der Waals surface area contributed by atoms with Gasteiger partial charge in [-0.15, -0.1) is 0 Å². The van der Waals surface area contributed by atoms with E-state index in [0.717, 1.165) is 11.0 Å². The maximum absolute atomic E-state index is 4.06. The molecule has 3 nitrogen and oxygen atoms in total. The summed E-state index contributed by atoms with van der Waals surface area (Å²) in [4.78, 5) is 3.90. The van der Waals surface area contributed by atoms with Crippen molar-refractivity contribution in [2.24, 2.45) is 0 Å². The fraction of sp³-hybridized carbons (Fsp3) is 0.0909. The SMILES string of the molecule is BrCC=Cc1ccc(-n2cncn2)cc1. The Labute approximate surface area is 96.6 Å². The Morgan fingerprint density at radius 1 is 1.27 bits per heavy atom. The molecule has 0 unspecified atom stereocenters. The van der Waals surface area contributed by atoms with Crippen molar-refractivity contribution in [2.45, 2.75) is 0 Å². The van der Waals surface area contributed by atoms with Gasteiger partial charge >= 0.3 is 0 Å². The summed E-state index contributed by atoms with van der Waals surface area (Å²) in [5, 5.41) is 4.93. The van der Waals surface area contributed by atoms with Crippen molar-refractivity contribution in [3.05, 3.63) is 48.6 Å². The van der Waals surface area contributed by atoms with Crippen LogP contribution in [-0.2, 0) is 0 Å². The molecular formula is C11H10BrN3. The Morgan fingerprint density at radius 3 is 2.67 bits per heavy atom. The fourth-order valence-corrected chi connectivity index (χ4v) is 1.45. The number of halogens is 1. The smallest absolute Gasteiger partial charge is 0.138 e. The largest absolute Gasteiger partial charge is 0.223 e. The van der Waals surface area contributed by atoms with Gasteiger partial charge in [0.25, 0.3) is 0 Å². The van der Waals surface area contributed by atoms with Gasteiger partial charge in [-0.05, 0) is 17.7 Å². The number of allylic oxidation sites excluding steroid dienone is 1. The molecule has 2 rings (SSSR count). The summed E-state index contributed by atoms with van der Waals surface area (Å²) in [6.45, 7) is 0. The van der Waals surface area contributed by atoms with Crippen LogP contribution in [0.2, 0.25) is 0 Å². The Bertz CT molecular complexity index is 431. The molecule has 2 aromatic rings. The molecule has 0 saturated heterocycles. The van der Waals surface area contributed by atoms with Crippen molar-refractivity contribution < 1.29 is 0 Å². The number of benzene rings is 1. The van der Waals surface area contributed by atoms with Crippen LogP contribution in [0.1, 0.15) is 5.56 Å². The molecule has 1 aromatic heterocycles. The van der Waals surface area contributed by atoms with E-state index in [1.54, 1.807) is 11.0 Å². The molecule has 1 heterocycles. The normalized spacial score (nSPS) is 11.0. The highest BCUT2D eigenvalue weighted by Crippen LogP contribution is 2.09. The summed E-state index contributed by atoms with van der Waals surface area (Å²) in [7, 11) is 0. The first-order valence-electron chi connectivity index (χ1n) is 4.58. The number of rotatable bonds is 3. The molecule has 0 aliphatic rings. The van der Waals surface area contributed by atoms with Crippen LogP contribution in [0.5, 0.6) is 0 Å². The van der Waals surface area contributed by atoms with Crippen LogP contribution in [0.3, 0.4) is 0 Å². The molecular weight excluding hydrogens is 254 g/mol. The van der Waals surface area contributed by atoms with Crippen molar-refractivity contribution in [3.63, 3.8) is 0 Å². The van der Waals surface area contributed by atoms with Gasteiger partial charge in [-0.2, -0.15) is 5.10 Å². The molecule has 4 heteroatoms. The second-order valence-electron chi connectivity index (χ2n) is 2.99. The fourth-order valence-electron chi connectivity index (χ4n) is 1.26. The lowest BCUT2D eigenvalue weighted by Crippen LogP contribution is -1.93. The Kier molecular flexibility index (Phi) is 3.29. The number of aromatic nitrogens is 3. The van der Waals surface area contributed by atoms with Crippen LogP contribution >= 0.6 is 15.9 Å². The number of hydrogen-bond donors (Lipinski definition) is 0. The van der Waals surface area contributed by atoms with Crippen LogP contribution in [0, 0.1) is 0 Å². The van der Waals surface area contributed by atoms with Gasteiger partial charge in [-0.3, -0.25) is 0 Å². The van der Waals surface area contributed by atoms with Gasteiger partial charge in [0.05, 0.1) is 5.69 Å². The zero-order valence-corrected chi connectivity index (χ0v) is 9.63. The topological polar surface area (TPSA) is 30.7 Å². The molecule has 0 amide bonds. The van der Waals surface area contributed by atoms with E-state index in [0.29, 0.717) is 0 Å². The average Bonchev–Trinajstić information content (AvgIpc) is 2.80. The predicted octanol–water partition coefficient (Wildman–Crippen LogP) is 2.68. The molecule has 0 aliphatic heterocycles. The lowest BCUT2D eigenvalue weighted by atomic mass is 10.2. The lowest BCUT2D eigenvalue weighted by molar-refractivity contribution is 0.879. The standard InChI is InChI=1S/C11H10BrN3/c12-7-1-2-10-3-5-11(6-4-10)15-9-13-8-14-15/h1-6,8-9H,7H2. The van der Waals surface area contributed by atoms with Crippen molar-refractivity contribution in [1.82, 2.24) is 14.8 Å². The third-order valence-electron chi connectivity index (χ3n) is 1.98. The van der Waals surface area contributed by atoms with Gasteiger partial charge < -0.3 is 0 Å². The Hall–Kier alpha value is -1.42. The second kappa shape index (κ2) is 4.89. The van der Waals surface area contributed by atoms with E-state index >= 15 is 0 Å². The zero-order valence-electron chi connectivity index (χ0n) is 8.05. The molecule has 0 radical (unpaired) electrons. The highest BCUT2D eigenvalue weighted by Gasteiger charge is 1.94. The first kappa shape index (κ1) is 10.1. The van der Waals surface area contributed by atoms with Crippen molar-refractivity contribution >= 4 is 22.0 Å². The van der Waals surface area contributed by atoms with E-state index in [-0.39, 0.29) is 0 Å². The first-order chi connectivity index (χ1) is 7.40. The maximum atomic E-state index is 4.06. The number of nitrogens with zero attached hydrogens (tertiary/aromatic N) is 3. The van der Waals surface area contributed by atoms with Crippen molar-refractivity contribution in [2.75, 3.05) is 5.33 Å². The van der Waals surface area contributed by atoms with E-state index in [9.17, 15) is 0 Å². The molecule has 0 aliphatic carbocycles. The molecule has 0 bridgehead atoms. The summed E-state index contributed by atoms with van der Waals surface area (Å²) in [6.07, 6.45) is 7.34. The van der Waals surface area contributed by atoms with Gasteiger partial charge in [-0.25, -0.2) is 9.67 Å². The molecule has 0 spiro atoms. The summed E-state index contributed by atoms with van der Waals surface area (Å²) in [5.41, 5.74) is 2.20. The predicted molar refractivity (Wildman–Crippen MR) is 64.2 cm³/mol. The highest BCUT2D eigenvalue weighted by molar-refractivity contribution is 9.09. The monoisotopic (exact) mass is 263 g/mol. The zero-order chi connectivity index (χ0) is 10.5. The lowest BCUT2D eigenvalue weighted by Gasteiger charge is -2.00. The Morgan fingerprint density at radius 2 is 2.07 bits per heavy atom. The molecule has 0 N–H and O–H groups in total. The van der Waals surface area contributed by atoms with Gasteiger partial charge in [0, 0.05) is 5.33 Å². The van der Waals surface area contributed by atoms with Crippen LogP contribution in [-0.4, -0.2) is 20.1 Å². The third kappa shape index (κ3) is 2.53. The van der Waals surface area contributed by atoms with E-state index in [2.05, 4.69) is 50.3 Å². The minimum atomic E-state index is 0.873. The van der Waals surface area contributed by atoms with Crippen LogP contribution in [0.25, 0.3) is 11.8 Å². The second-order valence-corrected chi connectivity index (χ2v) is 3.64. The van der Waals surface area contributed by atoms with Crippen molar-refractivity contribution in [3.8, 4) is 5.69 Å². The molecule has 1 aromatic carbocycles. The van der Waals surface area contributed by atoms with E-state index in [1.165, 1.54) is 11.9 Å². The summed E-state index contributed by atoms with van der Waals surface area (Å²) in [6, 6.07) is 8.14. The van der Waals surface area contributed by atoms with Crippen LogP contribution < -0.4 is 0 Å². The summed E-state index contributed by atoms with van der Waals surface area (Å²) < 4.78 is 1.73. The number of hydrogen-bond acceptors (Lipinski definition) is 2. The van der Waals surface area contributed by atoms with Crippen molar-refractivity contribution in [1.29, 1.82) is 0 Å². The van der Waals surface area contributed by atoms with Crippen LogP contribution in [0.4, 0.5) is 0 Å². The molecule has 0 atom stereocenters. The molecule has 15 heavy (non-hydrogen) atoms. The van der Waals surface area contributed by atoms with E-state index in [1.807, 2.05) is 12.1 Å². The quantitative estimate of drug-likeness (QED) is 0.798. The Balaban J connectivity index is 2.21. The van der Waals surface area contributed by atoms with Gasteiger partial charge in [-0.1, -0.05) is 40.2 Å². The maximum Gasteiger partial charge on any atom is 0.138 e. The minimum Gasteiger partial charge on any atom is -0.223 e. The van der Waals surface area contributed by atoms with Crippen LogP contribution in [0.15, 0.2) is 43.0 Å². The molecule has 0 fully saturated rings. The minimum absolute atomic E-state index is 0.873. The summed E-state index contributed by atoms with van der Waals surface area (Å²) in [5.74, 6) is 0. The number of alkyl halides is 1.